The summed E-state index contributed by atoms with van der Waals surface area (Å²) in [5.74, 6) is -2.70. The third-order valence-electron chi connectivity index (χ3n) is 2.78. The molecular formula is C14H10FIO4S. The monoisotopic (exact) mass is 420 g/mol. The van der Waals surface area contributed by atoms with E-state index in [1.807, 2.05) is 0 Å². The number of benzene rings is 2. The molecule has 21 heavy (non-hydrogen) atoms. The van der Waals surface area contributed by atoms with Crippen LogP contribution >= 0.6 is 22.6 Å². The van der Waals surface area contributed by atoms with Crippen LogP contribution in [0, 0.1) is 9.39 Å². The second-order valence-electron chi connectivity index (χ2n) is 4.34. The Morgan fingerprint density at radius 3 is 2.29 bits per heavy atom. The van der Waals surface area contributed by atoms with Crippen LogP contribution in [0.4, 0.5) is 4.39 Å². The number of carbonyl (C=O) groups is 1. The lowest BCUT2D eigenvalue weighted by molar-refractivity contribution is 0.0696. The highest BCUT2D eigenvalue weighted by Gasteiger charge is 2.21. The number of halogens is 2. The second kappa shape index (κ2) is 6.10. The molecule has 0 aliphatic rings. The maximum absolute atomic E-state index is 13.8. The Morgan fingerprint density at radius 2 is 1.76 bits per heavy atom. The molecule has 0 bridgehead atoms. The summed E-state index contributed by atoms with van der Waals surface area (Å²) in [4.78, 5) is 10.2. The highest BCUT2D eigenvalue weighted by molar-refractivity contribution is 14.1. The molecule has 110 valence electrons. The zero-order valence-electron chi connectivity index (χ0n) is 10.6. The lowest BCUT2D eigenvalue weighted by Gasteiger charge is -2.07. The van der Waals surface area contributed by atoms with Crippen molar-refractivity contribution in [3.63, 3.8) is 0 Å². The van der Waals surface area contributed by atoms with Crippen molar-refractivity contribution < 1.29 is 22.7 Å². The zero-order valence-corrected chi connectivity index (χ0v) is 13.6. The van der Waals surface area contributed by atoms with Crippen molar-refractivity contribution in [2.75, 3.05) is 0 Å². The SMILES string of the molecule is O=C(O)c1ccc(S(=O)(=O)Cc2ccc(I)cc2)c(F)c1. The van der Waals surface area contributed by atoms with Crippen molar-refractivity contribution in [2.24, 2.45) is 0 Å². The van der Waals surface area contributed by atoms with Crippen LogP contribution in [-0.4, -0.2) is 19.5 Å². The van der Waals surface area contributed by atoms with Crippen molar-refractivity contribution in [2.45, 2.75) is 10.6 Å². The molecule has 0 spiro atoms. The maximum atomic E-state index is 13.8. The molecule has 2 rings (SSSR count). The van der Waals surface area contributed by atoms with Crippen LogP contribution in [0.5, 0.6) is 0 Å². The minimum absolute atomic E-state index is 0.291. The van der Waals surface area contributed by atoms with Crippen LogP contribution in [0.2, 0.25) is 0 Å². The van der Waals surface area contributed by atoms with Gasteiger partial charge in [-0.25, -0.2) is 17.6 Å². The number of hydrogen-bond acceptors (Lipinski definition) is 3. The fourth-order valence-corrected chi connectivity index (χ4v) is 3.54. The summed E-state index contributed by atoms with van der Waals surface area (Å²) in [7, 11) is -3.87. The van der Waals surface area contributed by atoms with Crippen LogP contribution in [0.25, 0.3) is 0 Å². The van der Waals surface area contributed by atoms with E-state index in [4.69, 9.17) is 5.11 Å². The van der Waals surface area contributed by atoms with Crippen molar-refractivity contribution in [1.82, 2.24) is 0 Å². The molecule has 0 aromatic heterocycles. The first-order valence-electron chi connectivity index (χ1n) is 5.79. The number of hydrogen-bond donors (Lipinski definition) is 1. The summed E-state index contributed by atoms with van der Waals surface area (Å²) in [5, 5.41) is 8.75. The summed E-state index contributed by atoms with van der Waals surface area (Å²) in [5.41, 5.74) is 0.248. The molecule has 0 radical (unpaired) electrons. The van der Waals surface area contributed by atoms with Crippen molar-refractivity contribution in [1.29, 1.82) is 0 Å². The van der Waals surface area contributed by atoms with Gasteiger partial charge in [0.1, 0.15) is 10.7 Å². The number of carboxylic acid groups (broad SMARTS) is 1. The van der Waals surface area contributed by atoms with E-state index in [2.05, 4.69) is 22.6 Å². The fraction of sp³-hybridized carbons (Fsp3) is 0.0714. The Morgan fingerprint density at radius 1 is 1.14 bits per heavy atom. The van der Waals surface area contributed by atoms with Crippen molar-refractivity contribution >= 4 is 38.4 Å². The molecule has 1 N–H and O–H groups in total. The molecule has 0 heterocycles. The van der Waals surface area contributed by atoms with E-state index in [1.165, 1.54) is 0 Å². The Kier molecular flexibility index (Phi) is 4.62. The van der Waals surface area contributed by atoms with Gasteiger partial charge in [0.05, 0.1) is 11.3 Å². The Labute approximate surface area is 134 Å². The van der Waals surface area contributed by atoms with Gasteiger partial charge in [0.2, 0.25) is 0 Å². The van der Waals surface area contributed by atoms with Gasteiger partial charge >= 0.3 is 5.97 Å². The largest absolute Gasteiger partial charge is 0.478 e. The molecule has 2 aromatic carbocycles. The topological polar surface area (TPSA) is 71.4 Å². The van der Waals surface area contributed by atoms with Crippen LogP contribution in [0.1, 0.15) is 15.9 Å². The van der Waals surface area contributed by atoms with E-state index in [-0.39, 0.29) is 11.3 Å². The molecule has 0 unspecified atom stereocenters. The Hall–Kier alpha value is -1.48. The van der Waals surface area contributed by atoms with Gasteiger partial charge in [-0.3, -0.25) is 0 Å². The molecule has 0 saturated carbocycles. The molecular weight excluding hydrogens is 410 g/mol. The van der Waals surface area contributed by atoms with Crippen LogP contribution in [0.15, 0.2) is 47.4 Å². The average molecular weight is 420 g/mol. The number of rotatable bonds is 4. The van der Waals surface area contributed by atoms with Crippen LogP contribution in [0.3, 0.4) is 0 Å². The zero-order chi connectivity index (χ0) is 15.6. The van der Waals surface area contributed by atoms with Gasteiger partial charge in [0.15, 0.2) is 9.84 Å². The second-order valence-corrected chi connectivity index (χ2v) is 7.54. The molecule has 4 nitrogen and oxygen atoms in total. The van der Waals surface area contributed by atoms with E-state index in [0.717, 1.165) is 15.7 Å². The molecule has 0 amide bonds. The van der Waals surface area contributed by atoms with Crippen LogP contribution < -0.4 is 0 Å². The maximum Gasteiger partial charge on any atom is 0.335 e. The third kappa shape index (κ3) is 3.79. The molecule has 0 saturated heterocycles. The highest BCUT2D eigenvalue weighted by Crippen LogP contribution is 2.21. The molecule has 0 aliphatic heterocycles. The number of carboxylic acids is 1. The van der Waals surface area contributed by atoms with Gasteiger partial charge < -0.3 is 5.11 Å². The normalized spacial score (nSPS) is 11.3. The van der Waals surface area contributed by atoms with Gasteiger partial charge in [0, 0.05) is 3.57 Å². The molecule has 2 aromatic rings. The molecule has 0 aliphatic carbocycles. The number of aromatic carboxylic acids is 1. The van der Waals surface area contributed by atoms with E-state index >= 15 is 0 Å². The Balaban J connectivity index is 2.35. The Bertz CT molecular complexity index is 785. The van der Waals surface area contributed by atoms with E-state index in [1.54, 1.807) is 24.3 Å². The molecule has 7 heteroatoms. The minimum atomic E-state index is -3.87. The summed E-state index contributed by atoms with van der Waals surface area (Å²) in [6, 6.07) is 9.60. The van der Waals surface area contributed by atoms with Gasteiger partial charge in [-0.15, -0.1) is 0 Å². The average Bonchev–Trinajstić information content (AvgIpc) is 2.40. The van der Waals surface area contributed by atoms with E-state index in [0.29, 0.717) is 11.6 Å². The van der Waals surface area contributed by atoms with Crippen molar-refractivity contribution in [3.05, 3.63) is 63.0 Å². The fourth-order valence-electron chi connectivity index (χ4n) is 1.76. The highest BCUT2D eigenvalue weighted by atomic mass is 127. The van der Waals surface area contributed by atoms with Gasteiger partial charge in [-0.05, 0) is 58.5 Å². The van der Waals surface area contributed by atoms with Gasteiger partial charge in [-0.2, -0.15) is 0 Å². The van der Waals surface area contributed by atoms with Crippen LogP contribution in [-0.2, 0) is 15.6 Å². The first-order valence-corrected chi connectivity index (χ1v) is 8.53. The summed E-state index contributed by atoms with van der Waals surface area (Å²) >= 11 is 2.10. The molecule has 0 fully saturated rings. The third-order valence-corrected chi connectivity index (χ3v) is 5.22. The lowest BCUT2D eigenvalue weighted by atomic mass is 10.2. The van der Waals surface area contributed by atoms with E-state index < -0.39 is 26.5 Å². The molecule has 0 atom stereocenters. The number of sulfone groups is 1. The van der Waals surface area contributed by atoms with Gasteiger partial charge in [-0.1, -0.05) is 12.1 Å². The van der Waals surface area contributed by atoms with Gasteiger partial charge in [0.25, 0.3) is 0 Å². The van der Waals surface area contributed by atoms with Crippen molar-refractivity contribution in [3.8, 4) is 0 Å². The summed E-state index contributed by atoms with van der Waals surface area (Å²) < 4.78 is 39.2. The predicted octanol–water partition coefficient (Wildman–Crippen LogP) is 3.10. The lowest BCUT2D eigenvalue weighted by Crippen LogP contribution is -2.08. The first kappa shape index (κ1) is 15.9. The summed E-state index contributed by atoms with van der Waals surface area (Å²) in [6.07, 6.45) is 0. The summed E-state index contributed by atoms with van der Waals surface area (Å²) in [6.45, 7) is 0. The van der Waals surface area contributed by atoms with E-state index in [9.17, 15) is 17.6 Å². The quantitative estimate of drug-likeness (QED) is 0.772. The first-order chi connectivity index (χ1) is 9.79. The predicted molar refractivity (Wildman–Crippen MR) is 83.4 cm³/mol. The smallest absolute Gasteiger partial charge is 0.335 e. The standard InChI is InChI=1S/C14H10FIO4S/c15-12-7-10(14(17)18)3-6-13(12)21(19,20)8-9-1-4-11(16)5-2-9/h1-7H,8H2,(H,17,18). The minimum Gasteiger partial charge on any atom is -0.478 e.